The normalized spacial score (nSPS) is 16.7. The van der Waals surface area contributed by atoms with E-state index in [-0.39, 0.29) is 11.7 Å². The van der Waals surface area contributed by atoms with Gasteiger partial charge in [0.2, 0.25) is 0 Å². The highest BCUT2D eigenvalue weighted by molar-refractivity contribution is 6.20. The Morgan fingerprint density at radius 2 is 2.05 bits per heavy atom. The Morgan fingerprint density at radius 3 is 2.50 bits per heavy atom. The zero-order valence-electron chi connectivity index (χ0n) is 13.1. The van der Waals surface area contributed by atoms with Gasteiger partial charge in [-0.15, -0.1) is 0 Å². The van der Waals surface area contributed by atoms with E-state index in [2.05, 4.69) is 5.16 Å². The highest BCUT2D eigenvalue weighted by atomic mass is 16.5. The molecule has 1 aromatic rings. The summed E-state index contributed by atoms with van der Waals surface area (Å²) in [4.78, 5) is 26.8. The van der Waals surface area contributed by atoms with Gasteiger partial charge in [0.15, 0.2) is 11.5 Å². The lowest BCUT2D eigenvalue weighted by Crippen LogP contribution is -2.39. The SMILES string of the molecule is Cc1cc(C(=CN(C)C)C(=O)C2CCN(C(=O)O)CC2)on1. The van der Waals surface area contributed by atoms with Crippen molar-refractivity contribution < 1.29 is 19.2 Å². The molecule has 0 spiro atoms. The number of piperidine rings is 1. The molecular weight excluding hydrogens is 286 g/mol. The van der Waals surface area contributed by atoms with Gasteiger partial charge in [-0.25, -0.2) is 4.79 Å². The van der Waals surface area contributed by atoms with Gasteiger partial charge in [0, 0.05) is 45.4 Å². The Morgan fingerprint density at radius 1 is 1.41 bits per heavy atom. The second kappa shape index (κ2) is 6.64. The van der Waals surface area contributed by atoms with Crippen molar-refractivity contribution in [3.05, 3.63) is 23.7 Å². The summed E-state index contributed by atoms with van der Waals surface area (Å²) in [6, 6.07) is 1.74. The quantitative estimate of drug-likeness (QED) is 0.854. The van der Waals surface area contributed by atoms with Crippen LogP contribution in [0.4, 0.5) is 4.79 Å². The number of aryl methyl sites for hydroxylation is 1. The van der Waals surface area contributed by atoms with Gasteiger partial charge in [-0.2, -0.15) is 0 Å². The van der Waals surface area contributed by atoms with Gasteiger partial charge in [-0.3, -0.25) is 4.79 Å². The number of carboxylic acid groups (broad SMARTS) is 1. The van der Waals surface area contributed by atoms with E-state index in [0.717, 1.165) is 0 Å². The third kappa shape index (κ3) is 3.66. The molecule has 2 rings (SSSR count). The maximum Gasteiger partial charge on any atom is 0.407 e. The number of Topliss-reactive ketones (excluding diaryl/α,β-unsaturated/α-hetero) is 1. The molecule has 1 aliphatic heterocycles. The van der Waals surface area contributed by atoms with Crippen LogP contribution in [0, 0.1) is 12.8 Å². The Kier molecular flexibility index (Phi) is 4.85. The second-order valence-corrected chi connectivity index (χ2v) is 5.75. The summed E-state index contributed by atoms with van der Waals surface area (Å²) in [6.07, 6.45) is 1.86. The summed E-state index contributed by atoms with van der Waals surface area (Å²) in [5, 5.41) is 12.8. The minimum atomic E-state index is -0.930. The van der Waals surface area contributed by atoms with E-state index in [1.54, 1.807) is 24.1 Å². The van der Waals surface area contributed by atoms with Gasteiger partial charge < -0.3 is 19.4 Å². The Balaban J connectivity index is 2.15. The number of hydrogen-bond acceptors (Lipinski definition) is 5. The Labute approximate surface area is 129 Å². The van der Waals surface area contributed by atoms with Crippen LogP contribution in [0.2, 0.25) is 0 Å². The second-order valence-electron chi connectivity index (χ2n) is 5.75. The van der Waals surface area contributed by atoms with Crippen LogP contribution in [-0.4, -0.2) is 59.1 Å². The van der Waals surface area contributed by atoms with Crippen LogP contribution in [-0.2, 0) is 4.79 Å². The molecule has 0 radical (unpaired) electrons. The van der Waals surface area contributed by atoms with Crippen molar-refractivity contribution >= 4 is 17.4 Å². The number of likely N-dealkylation sites (tertiary alicyclic amines) is 1. The first kappa shape index (κ1) is 16.1. The standard InChI is InChI=1S/C15H21N3O4/c1-10-8-13(22-16-10)12(9-17(2)3)14(19)11-4-6-18(7-5-11)15(20)21/h8-9,11H,4-7H2,1-3H3,(H,20,21). The van der Waals surface area contributed by atoms with Gasteiger partial charge in [0.25, 0.3) is 0 Å². The van der Waals surface area contributed by atoms with Gasteiger partial charge in [0.05, 0.1) is 11.3 Å². The molecular formula is C15H21N3O4. The lowest BCUT2D eigenvalue weighted by molar-refractivity contribution is -0.118. The van der Waals surface area contributed by atoms with E-state index in [4.69, 9.17) is 9.63 Å². The smallest absolute Gasteiger partial charge is 0.407 e. The fourth-order valence-electron chi connectivity index (χ4n) is 2.55. The lowest BCUT2D eigenvalue weighted by atomic mass is 9.88. The molecule has 0 aromatic carbocycles. The van der Waals surface area contributed by atoms with Crippen LogP contribution in [0.5, 0.6) is 0 Å². The molecule has 1 aliphatic rings. The van der Waals surface area contributed by atoms with Crippen LogP contribution in [0.15, 0.2) is 16.8 Å². The molecule has 1 aromatic heterocycles. The molecule has 0 atom stereocenters. The van der Waals surface area contributed by atoms with Crippen molar-refractivity contribution in [2.24, 2.45) is 5.92 Å². The predicted molar refractivity (Wildman–Crippen MR) is 80.2 cm³/mol. The number of aromatic nitrogens is 1. The summed E-state index contributed by atoms with van der Waals surface area (Å²) < 4.78 is 5.23. The molecule has 1 fully saturated rings. The fourth-order valence-corrected chi connectivity index (χ4v) is 2.55. The van der Waals surface area contributed by atoms with Crippen LogP contribution >= 0.6 is 0 Å². The molecule has 7 heteroatoms. The molecule has 22 heavy (non-hydrogen) atoms. The van der Waals surface area contributed by atoms with E-state index in [9.17, 15) is 9.59 Å². The first-order chi connectivity index (χ1) is 10.4. The Hall–Kier alpha value is -2.31. The number of nitrogens with zero attached hydrogens (tertiary/aromatic N) is 3. The predicted octanol–water partition coefficient (Wildman–Crippen LogP) is 1.84. The number of ketones is 1. The molecule has 0 saturated carbocycles. The first-order valence-corrected chi connectivity index (χ1v) is 7.22. The zero-order chi connectivity index (χ0) is 16.3. The number of hydrogen-bond donors (Lipinski definition) is 1. The molecule has 1 saturated heterocycles. The molecule has 1 N–H and O–H groups in total. The maximum atomic E-state index is 12.8. The van der Waals surface area contributed by atoms with E-state index in [1.165, 1.54) is 4.90 Å². The summed E-state index contributed by atoms with van der Waals surface area (Å²) in [5.74, 6) is 0.249. The van der Waals surface area contributed by atoms with Crippen LogP contribution in [0.1, 0.15) is 24.3 Å². The van der Waals surface area contributed by atoms with Crippen molar-refractivity contribution in [2.45, 2.75) is 19.8 Å². The van der Waals surface area contributed by atoms with Gasteiger partial charge in [-0.1, -0.05) is 5.16 Å². The van der Waals surface area contributed by atoms with Gasteiger partial charge in [-0.05, 0) is 19.8 Å². The molecule has 0 unspecified atom stereocenters. The maximum absolute atomic E-state index is 12.8. The van der Waals surface area contributed by atoms with E-state index in [0.29, 0.717) is 43.0 Å². The van der Waals surface area contributed by atoms with Crippen molar-refractivity contribution in [3.8, 4) is 0 Å². The van der Waals surface area contributed by atoms with Crippen molar-refractivity contribution in [1.82, 2.24) is 15.0 Å². The highest BCUT2D eigenvalue weighted by Gasteiger charge is 2.30. The average Bonchev–Trinajstić information content (AvgIpc) is 2.90. The summed E-state index contributed by atoms with van der Waals surface area (Å²) in [7, 11) is 3.67. The van der Waals surface area contributed by atoms with Gasteiger partial charge >= 0.3 is 6.09 Å². The number of amides is 1. The van der Waals surface area contributed by atoms with Gasteiger partial charge in [0.1, 0.15) is 0 Å². The molecule has 120 valence electrons. The zero-order valence-corrected chi connectivity index (χ0v) is 13.1. The number of carbonyl (C=O) groups excluding carboxylic acids is 1. The summed E-state index contributed by atoms with van der Waals surface area (Å²) in [5.41, 5.74) is 1.20. The monoisotopic (exact) mass is 307 g/mol. The Bertz CT molecular complexity index is 583. The number of allylic oxidation sites excluding steroid dienone is 1. The first-order valence-electron chi connectivity index (χ1n) is 7.22. The lowest BCUT2D eigenvalue weighted by Gasteiger charge is -2.29. The van der Waals surface area contributed by atoms with Crippen molar-refractivity contribution in [1.29, 1.82) is 0 Å². The third-order valence-corrected chi connectivity index (χ3v) is 3.68. The van der Waals surface area contributed by atoms with E-state index >= 15 is 0 Å². The van der Waals surface area contributed by atoms with Crippen molar-refractivity contribution in [3.63, 3.8) is 0 Å². The van der Waals surface area contributed by atoms with E-state index < -0.39 is 6.09 Å². The minimum Gasteiger partial charge on any atom is -0.465 e. The summed E-state index contributed by atoms with van der Waals surface area (Å²) in [6.45, 7) is 2.57. The van der Waals surface area contributed by atoms with Crippen LogP contribution < -0.4 is 0 Å². The fraction of sp³-hybridized carbons (Fsp3) is 0.533. The number of rotatable bonds is 4. The summed E-state index contributed by atoms with van der Waals surface area (Å²) >= 11 is 0. The van der Waals surface area contributed by atoms with Crippen LogP contribution in [0.3, 0.4) is 0 Å². The average molecular weight is 307 g/mol. The number of carbonyl (C=O) groups is 2. The minimum absolute atomic E-state index is 0.0186. The topological polar surface area (TPSA) is 86.9 Å². The molecule has 7 nitrogen and oxygen atoms in total. The molecule has 2 heterocycles. The molecule has 0 aliphatic carbocycles. The van der Waals surface area contributed by atoms with E-state index in [1.807, 2.05) is 14.1 Å². The van der Waals surface area contributed by atoms with Crippen LogP contribution in [0.25, 0.3) is 5.57 Å². The molecule has 1 amide bonds. The van der Waals surface area contributed by atoms with Crippen molar-refractivity contribution in [2.75, 3.05) is 27.2 Å². The molecule has 0 bridgehead atoms. The highest BCUT2D eigenvalue weighted by Crippen LogP contribution is 2.27. The largest absolute Gasteiger partial charge is 0.465 e. The third-order valence-electron chi connectivity index (χ3n) is 3.68.